The van der Waals surface area contributed by atoms with Crippen LogP contribution in [0.2, 0.25) is 0 Å². The summed E-state index contributed by atoms with van der Waals surface area (Å²) in [7, 11) is 1.34. The number of fused-ring (bicyclic) bond motifs is 1. The number of ether oxygens (including phenoxy) is 6. The van der Waals surface area contributed by atoms with E-state index in [1.165, 1.54) is 55.7 Å². The average Bonchev–Trinajstić information content (AvgIpc) is 3.17. The molecule has 1 aromatic heterocycles. The molecule has 4 aromatic rings. The van der Waals surface area contributed by atoms with Crippen molar-refractivity contribution in [3.05, 3.63) is 76.5 Å². The Balaban J connectivity index is 1.27. The molecule has 2 aliphatic heterocycles. The Bertz CT molecular complexity index is 2120. The van der Waals surface area contributed by atoms with Gasteiger partial charge in [0.25, 0.3) is 0 Å². The van der Waals surface area contributed by atoms with Crippen molar-refractivity contribution in [2.24, 2.45) is 0 Å². The van der Waals surface area contributed by atoms with Crippen LogP contribution in [-0.2, 0) is 23.7 Å². The smallest absolute Gasteiger partial charge is 0.330 e. The third-order valence-corrected chi connectivity index (χ3v) is 9.07. The Labute approximate surface area is 315 Å². The van der Waals surface area contributed by atoms with Crippen LogP contribution in [0, 0.1) is 0 Å². The average molecular weight is 787 g/mol. The minimum Gasteiger partial charge on any atom is -0.508 e. The second-order valence-corrected chi connectivity index (χ2v) is 12.8. The first-order valence-electron chi connectivity index (χ1n) is 16.9. The van der Waals surface area contributed by atoms with E-state index in [0.717, 1.165) is 18.2 Å². The number of hydrogen-bond donors (Lipinski definition) is 10. The highest BCUT2D eigenvalue weighted by Gasteiger charge is 2.52. The van der Waals surface area contributed by atoms with Gasteiger partial charge >= 0.3 is 5.97 Å². The number of aromatic hydroxyl groups is 4. The summed E-state index contributed by atoms with van der Waals surface area (Å²) >= 11 is 0. The molecule has 2 saturated heterocycles. The zero-order valence-corrected chi connectivity index (χ0v) is 29.2. The van der Waals surface area contributed by atoms with Gasteiger partial charge in [0.05, 0.1) is 13.7 Å². The van der Waals surface area contributed by atoms with Crippen LogP contribution in [0.15, 0.2) is 69.9 Å². The second-order valence-electron chi connectivity index (χ2n) is 12.8. The monoisotopic (exact) mass is 786 g/mol. The van der Waals surface area contributed by atoms with Crippen molar-refractivity contribution >= 4 is 23.0 Å². The van der Waals surface area contributed by atoms with E-state index in [4.69, 9.17) is 32.8 Å². The minimum absolute atomic E-state index is 0.124. The number of methoxy groups -OCH3 is 1. The van der Waals surface area contributed by atoms with Crippen molar-refractivity contribution in [2.75, 3.05) is 20.3 Å². The van der Waals surface area contributed by atoms with Crippen LogP contribution in [-0.4, -0.2) is 139 Å². The molecular formula is C37H38O19. The Morgan fingerprint density at radius 1 is 0.786 bits per heavy atom. The number of hydrogen-bond acceptors (Lipinski definition) is 19. The first-order chi connectivity index (χ1) is 26.7. The van der Waals surface area contributed by atoms with Crippen molar-refractivity contribution in [3.63, 3.8) is 0 Å². The second kappa shape index (κ2) is 16.7. The van der Waals surface area contributed by atoms with Crippen LogP contribution < -0.4 is 14.9 Å². The summed E-state index contributed by atoms with van der Waals surface area (Å²) in [5, 5.41) is 104. The highest BCUT2D eigenvalue weighted by molar-refractivity contribution is 5.88. The molecule has 4 unspecified atom stereocenters. The molecular weight excluding hydrogens is 748 g/mol. The lowest BCUT2D eigenvalue weighted by molar-refractivity contribution is -0.358. The molecule has 19 heteroatoms. The minimum atomic E-state index is -2.04. The maximum absolute atomic E-state index is 13.9. The van der Waals surface area contributed by atoms with Gasteiger partial charge in [-0.15, -0.1) is 0 Å². The van der Waals surface area contributed by atoms with E-state index < -0.39 is 109 Å². The van der Waals surface area contributed by atoms with E-state index >= 15 is 0 Å². The molecule has 10 N–H and O–H groups in total. The molecule has 19 nitrogen and oxygen atoms in total. The first-order valence-corrected chi connectivity index (χ1v) is 16.9. The van der Waals surface area contributed by atoms with Gasteiger partial charge in [-0.1, -0.05) is 6.07 Å². The van der Waals surface area contributed by atoms with Crippen molar-refractivity contribution in [1.82, 2.24) is 0 Å². The van der Waals surface area contributed by atoms with Gasteiger partial charge in [0.15, 0.2) is 29.7 Å². The molecule has 0 spiro atoms. The maximum Gasteiger partial charge on any atom is 0.330 e. The third kappa shape index (κ3) is 8.21. The number of esters is 1. The Hall–Kier alpha value is -5.48. The summed E-state index contributed by atoms with van der Waals surface area (Å²) in [6.45, 7) is -1.57. The number of rotatable bonds is 11. The van der Waals surface area contributed by atoms with Crippen molar-refractivity contribution in [2.45, 2.75) is 61.4 Å². The van der Waals surface area contributed by atoms with Gasteiger partial charge in [-0.05, 0) is 48.0 Å². The Morgan fingerprint density at radius 2 is 1.48 bits per heavy atom. The molecule has 6 rings (SSSR count). The van der Waals surface area contributed by atoms with Crippen molar-refractivity contribution < 1.29 is 88.7 Å². The maximum atomic E-state index is 13.9. The summed E-state index contributed by atoms with van der Waals surface area (Å²) < 4.78 is 39.2. The van der Waals surface area contributed by atoms with Gasteiger partial charge in [0.2, 0.25) is 17.5 Å². The standard InChI is InChI=1S/C37H38O19/c1-50-21-10-15(2-8-19(21)41)3-9-25(43)51-14-24-28(45)30(47)32(49)36(54-24)56-35-31(48)27(44)23(13-38)53-37(35)55-34-29(46)26-20(42)11-18(40)12-22(26)52-33(34)16-4-6-17(39)7-5-16/h2-12,23-24,27-28,30-32,35-42,44-45,47-49H,13-14H2,1H3/b9-3+/t23?,24?,27-,28+,30-,31-,32?,35?,36-,37-/m0/s1. The Morgan fingerprint density at radius 3 is 2.18 bits per heavy atom. The fourth-order valence-electron chi connectivity index (χ4n) is 6.09. The molecule has 3 heterocycles. The Kier molecular flexibility index (Phi) is 12.0. The van der Waals surface area contributed by atoms with E-state index in [1.54, 1.807) is 0 Å². The zero-order chi connectivity index (χ0) is 40.4. The van der Waals surface area contributed by atoms with Crippen LogP contribution in [0.5, 0.6) is 34.5 Å². The van der Waals surface area contributed by atoms with Crippen LogP contribution >= 0.6 is 0 Å². The molecule has 3 aromatic carbocycles. The molecule has 2 aliphatic rings. The highest BCUT2D eigenvalue weighted by Crippen LogP contribution is 2.38. The number of aliphatic hydroxyl groups excluding tert-OH is 6. The van der Waals surface area contributed by atoms with Crippen LogP contribution in [0.3, 0.4) is 0 Å². The summed E-state index contributed by atoms with van der Waals surface area (Å²) in [6.07, 6.45) is -16.3. The molecule has 2 fully saturated rings. The summed E-state index contributed by atoms with van der Waals surface area (Å²) in [5.74, 6) is -3.21. The van der Waals surface area contributed by atoms with Crippen molar-refractivity contribution in [1.29, 1.82) is 0 Å². The van der Waals surface area contributed by atoms with Crippen molar-refractivity contribution in [3.8, 4) is 45.8 Å². The summed E-state index contributed by atoms with van der Waals surface area (Å²) in [5.41, 5.74) is -0.715. The van der Waals surface area contributed by atoms with Gasteiger partial charge in [-0.3, -0.25) is 4.79 Å². The molecule has 300 valence electrons. The lowest BCUT2D eigenvalue weighted by Gasteiger charge is -2.45. The van der Waals surface area contributed by atoms with E-state index in [9.17, 15) is 60.7 Å². The summed E-state index contributed by atoms with van der Waals surface area (Å²) in [4.78, 5) is 26.5. The lowest BCUT2D eigenvalue weighted by Crippen LogP contribution is -2.65. The first kappa shape index (κ1) is 40.2. The number of phenolic OH excluding ortho intramolecular Hbond substituents is 4. The molecule has 10 atom stereocenters. The van der Waals surface area contributed by atoms with Crippen LogP contribution in [0.4, 0.5) is 0 Å². The summed E-state index contributed by atoms with van der Waals surface area (Å²) in [6, 6.07) is 11.4. The fourth-order valence-corrected chi connectivity index (χ4v) is 6.09. The zero-order valence-electron chi connectivity index (χ0n) is 29.2. The highest BCUT2D eigenvalue weighted by atomic mass is 16.8. The molecule has 56 heavy (non-hydrogen) atoms. The normalized spacial score (nSPS) is 28.0. The predicted octanol–water partition coefficient (Wildman–Crippen LogP) is -0.442. The molecule has 0 amide bonds. The van der Waals surface area contributed by atoms with E-state index in [1.807, 2.05) is 0 Å². The number of phenols is 4. The predicted molar refractivity (Wildman–Crippen MR) is 188 cm³/mol. The van der Waals surface area contributed by atoms with Crippen LogP contribution in [0.25, 0.3) is 28.4 Å². The van der Waals surface area contributed by atoms with E-state index in [2.05, 4.69) is 0 Å². The lowest BCUT2D eigenvalue weighted by atomic mass is 9.97. The fraction of sp³-hybridized carbons (Fsp3) is 0.351. The van der Waals surface area contributed by atoms with Gasteiger partial charge in [-0.2, -0.15) is 0 Å². The van der Waals surface area contributed by atoms with Gasteiger partial charge in [0, 0.05) is 23.8 Å². The molecule has 0 aliphatic carbocycles. The number of carbonyl (C=O) groups excluding carboxylic acids is 1. The van der Waals surface area contributed by atoms with Gasteiger partial charge in [0.1, 0.15) is 77.6 Å². The molecule has 0 radical (unpaired) electrons. The largest absolute Gasteiger partial charge is 0.508 e. The van der Waals surface area contributed by atoms with Gasteiger partial charge in [-0.25, -0.2) is 4.79 Å². The quantitative estimate of drug-likeness (QED) is 0.0680. The van der Waals surface area contributed by atoms with E-state index in [-0.39, 0.29) is 34.2 Å². The van der Waals surface area contributed by atoms with E-state index in [0.29, 0.717) is 5.56 Å². The SMILES string of the molecule is COc1cc(/C=C/C(=O)OCC2O[C@@H](OC3[C@H](Oc4c(-c5ccc(O)cc5)oc5cc(O)cc(O)c5c4=O)OC(CO)[C@H](O)[C@@H]3O)C(O)[C@@H](O)[C@@H]2O)ccc1O. The molecule has 0 saturated carbocycles. The number of benzene rings is 3. The van der Waals surface area contributed by atoms with Gasteiger partial charge < -0.3 is 83.9 Å². The third-order valence-electron chi connectivity index (χ3n) is 9.07. The topological polar surface area (TPSA) is 305 Å². The molecule has 0 bridgehead atoms. The number of carbonyl (C=O) groups is 1. The number of aliphatic hydroxyl groups is 6. The van der Waals surface area contributed by atoms with Crippen LogP contribution in [0.1, 0.15) is 5.56 Å².